The lowest BCUT2D eigenvalue weighted by Gasteiger charge is -2.42. The molecular formula is C16H25NO. The highest BCUT2D eigenvalue weighted by Crippen LogP contribution is 2.40. The van der Waals surface area contributed by atoms with Gasteiger partial charge in [-0.1, -0.05) is 44.2 Å². The van der Waals surface area contributed by atoms with Crippen LogP contribution in [0.5, 0.6) is 0 Å². The fraction of sp³-hybridized carbons (Fsp3) is 0.625. The monoisotopic (exact) mass is 247 g/mol. The summed E-state index contributed by atoms with van der Waals surface area (Å²) in [5.74, 6) is 0.640. The molecule has 0 radical (unpaired) electrons. The fourth-order valence-electron chi connectivity index (χ4n) is 3.06. The van der Waals surface area contributed by atoms with Crippen molar-refractivity contribution in [1.29, 1.82) is 0 Å². The zero-order valence-corrected chi connectivity index (χ0v) is 11.8. The predicted molar refractivity (Wildman–Crippen MR) is 75.6 cm³/mol. The van der Waals surface area contributed by atoms with Crippen LogP contribution >= 0.6 is 0 Å². The summed E-state index contributed by atoms with van der Waals surface area (Å²) >= 11 is 0. The van der Waals surface area contributed by atoms with Crippen LogP contribution in [0.25, 0.3) is 0 Å². The highest BCUT2D eigenvalue weighted by Gasteiger charge is 2.39. The van der Waals surface area contributed by atoms with Crippen molar-refractivity contribution in [3.05, 3.63) is 35.9 Å². The molecule has 1 aromatic rings. The summed E-state index contributed by atoms with van der Waals surface area (Å²) in [6.45, 7) is 5.40. The summed E-state index contributed by atoms with van der Waals surface area (Å²) in [5, 5.41) is 3.42. The summed E-state index contributed by atoms with van der Waals surface area (Å²) in [6, 6.07) is 11.3. The van der Waals surface area contributed by atoms with Gasteiger partial charge in [-0.25, -0.2) is 0 Å². The molecule has 0 aliphatic carbocycles. The van der Waals surface area contributed by atoms with Crippen molar-refractivity contribution < 1.29 is 4.74 Å². The van der Waals surface area contributed by atoms with Crippen molar-refractivity contribution in [2.24, 2.45) is 5.92 Å². The summed E-state index contributed by atoms with van der Waals surface area (Å²) in [5.41, 5.74) is 1.24. The molecule has 100 valence electrons. The molecule has 2 rings (SSSR count). The first-order valence-corrected chi connectivity index (χ1v) is 7.03. The zero-order chi connectivity index (χ0) is 13.0. The molecule has 18 heavy (non-hydrogen) atoms. The molecule has 0 saturated carbocycles. The third-order valence-electron chi connectivity index (χ3n) is 3.87. The zero-order valence-electron chi connectivity index (χ0n) is 11.8. The average molecular weight is 247 g/mol. The molecule has 1 aromatic carbocycles. The smallest absolute Gasteiger partial charge is 0.0948 e. The van der Waals surface area contributed by atoms with Gasteiger partial charge in [0.15, 0.2) is 0 Å². The quantitative estimate of drug-likeness (QED) is 0.881. The predicted octanol–water partition coefficient (Wildman–Crippen LogP) is 3.33. The number of hydrogen-bond acceptors (Lipinski definition) is 2. The molecule has 1 aliphatic rings. The van der Waals surface area contributed by atoms with E-state index >= 15 is 0 Å². The number of benzene rings is 1. The first-order valence-electron chi connectivity index (χ1n) is 7.03. The molecule has 2 nitrogen and oxygen atoms in total. The molecule has 2 unspecified atom stereocenters. The van der Waals surface area contributed by atoms with E-state index in [0.29, 0.717) is 12.0 Å². The number of hydrogen-bond donors (Lipinski definition) is 1. The van der Waals surface area contributed by atoms with E-state index in [0.717, 1.165) is 25.9 Å². The lowest BCUT2D eigenvalue weighted by molar-refractivity contribution is -0.105. The third kappa shape index (κ3) is 2.93. The van der Waals surface area contributed by atoms with E-state index in [4.69, 9.17) is 4.74 Å². The molecule has 2 atom stereocenters. The van der Waals surface area contributed by atoms with Crippen LogP contribution in [0.15, 0.2) is 30.3 Å². The standard InChI is InChI=1S/C16H25NO/c1-13(2)11-16(14-7-5-4-6-8-14)12-15(17-3)9-10-18-16/h4-8,13,15,17H,9-12H2,1-3H3. The topological polar surface area (TPSA) is 21.3 Å². The maximum absolute atomic E-state index is 6.25. The molecule has 1 N–H and O–H groups in total. The van der Waals surface area contributed by atoms with Crippen molar-refractivity contribution in [3.8, 4) is 0 Å². The van der Waals surface area contributed by atoms with Gasteiger partial charge in [-0.15, -0.1) is 0 Å². The molecule has 2 heteroatoms. The molecular weight excluding hydrogens is 222 g/mol. The maximum Gasteiger partial charge on any atom is 0.0948 e. The van der Waals surface area contributed by atoms with Crippen LogP contribution in [-0.4, -0.2) is 19.7 Å². The Labute approximate surface area is 111 Å². The van der Waals surface area contributed by atoms with Crippen LogP contribution in [0.1, 0.15) is 38.7 Å². The first-order chi connectivity index (χ1) is 8.66. The highest BCUT2D eigenvalue weighted by atomic mass is 16.5. The minimum absolute atomic E-state index is 0.0959. The van der Waals surface area contributed by atoms with E-state index in [1.807, 2.05) is 0 Å². The summed E-state index contributed by atoms with van der Waals surface area (Å²) in [4.78, 5) is 0. The van der Waals surface area contributed by atoms with Crippen molar-refractivity contribution in [1.82, 2.24) is 5.32 Å². The molecule has 1 heterocycles. The minimum atomic E-state index is -0.0959. The van der Waals surface area contributed by atoms with Crippen molar-refractivity contribution in [2.75, 3.05) is 13.7 Å². The highest BCUT2D eigenvalue weighted by molar-refractivity contribution is 5.24. The third-order valence-corrected chi connectivity index (χ3v) is 3.87. The Kier molecular flexibility index (Phi) is 4.41. The Morgan fingerprint density at radius 3 is 2.67 bits per heavy atom. The van der Waals surface area contributed by atoms with Crippen LogP contribution in [0.2, 0.25) is 0 Å². The van der Waals surface area contributed by atoms with Crippen molar-refractivity contribution in [3.63, 3.8) is 0 Å². The van der Waals surface area contributed by atoms with Gasteiger partial charge in [0, 0.05) is 12.6 Å². The SMILES string of the molecule is CNC1CCOC(CC(C)C)(c2ccccc2)C1. The molecule has 0 amide bonds. The van der Waals surface area contributed by atoms with Gasteiger partial charge in [0.25, 0.3) is 0 Å². The fourth-order valence-corrected chi connectivity index (χ4v) is 3.06. The second-order valence-electron chi connectivity index (χ2n) is 5.79. The van der Waals surface area contributed by atoms with Crippen LogP contribution in [0.3, 0.4) is 0 Å². The van der Waals surface area contributed by atoms with E-state index in [1.165, 1.54) is 5.56 Å². The summed E-state index contributed by atoms with van der Waals surface area (Å²) < 4.78 is 6.25. The Morgan fingerprint density at radius 1 is 1.33 bits per heavy atom. The normalized spacial score (nSPS) is 28.6. The first kappa shape index (κ1) is 13.6. The minimum Gasteiger partial charge on any atom is -0.370 e. The average Bonchev–Trinajstić information content (AvgIpc) is 2.39. The van der Waals surface area contributed by atoms with Crippen LogP contribution in [0.4, 0.5) is 0 Å². The van der Waals surface area contributed by atoms with E-state index in [-0.39, 0.29) is 5.60 Å². The van der Waals surface area contributed by atoms with Gasteiger partial charge in [-0.2, -0.15) is 0 Å². The Morgan fingerprint density at radius 2 is 2.06 bits per heavy atom. The largest absolute Gasteiger partial charge is 0.370 e. The lowest BCUT2D eigenvalue weighted by Crippen LogP contribution is -2.45. The van der Waals surface area contributed by atoms with Gasteiger partial charge in [0.1, 0.15) is 0 Å². The van der Waals surface area contributed by atoms with Gasteiger partial charge in [-0.05, 0) is 37.8 Å². The Hall–Kier alpha value is -0.860. The molecule has 1 saturated heterocycles. The second kappa shape index (κ2) is 5.85. The molecule has 1 fully saturated rings. The van der Waals surface area contributed by atoms with E-state index in [1.54, 1.807) is 0 Å². The Balaban J connectivity index is 2.28. The van der Waals surface area contributed by atoms with E-state index < -0.39 is 0 Å². The summed E-state index contributed by atoms with van der Waals surface area (Å²) in [6.07, 6.45) is 3.28. The number of ether oxygens (including phenoxy) is 1. The summed E-state index contributed by atoms with van der Waals surface area (Å²) in [7, 11) is 2.06. The van der Waals surface area contributed by atoms with Gasteiger partial charge in [0.05, 0.1) is 5.60 Å². The van der Waals surface area contributed by atoms with Gasteiger partial charge >= 0.3 is 0 Å². The van der Waals surface area contributed by atoms with Gasteiger partial charge in [-0.3, -0.25) is 0 Å². The van der Waals surface area contributed by atoms with Crippen molar-refractivity contribution in [2.45, 2.75) is 44.8 Å². The number of nitrogens with one attached hydrogen (secondary N) is 1. The lowest BCUT2D eigenvalue weighted by atomic mass is 9.78. The Bertz CT molecular complexity index is 363. The maximum atomic E-state index is 6.25. The molecule has 0 spiro atoms. The van der Waals surface area contributed by atoms with Crippen LogP contribution in [0, 0.1) is 5.92 Å². The van der Waals surface area contributed by atoms with Crippen molar-refractivity contribution >= 4 is 0 Å². The molecule has 0 aromatic heterocycles. The van der Waals surface area contributed by atoms with E-state index in [2.05, 4.69) is 56.5 Å². The second-order valence-corrected chi connectivity index (χ2v) is 5.79. The van der Waals surface area contributed by atoms with E-state index in [9.17, 15) is 0 Å². The van der Waals surface area contributed by atoms with Crippen LogP contribution in [-0.2, 0) is 10.3 Å². The van der Waals surface area contributed by atoms with Gasteiger partial charge in [0.2, 0.25) is 0 Å². The molecule has 0 bridgehead atoms. The van der Waals surface area contributed by atoms with Gasteiger partial charge < -0.3 is 10.1 Å². The molecule has 1 aliphatic heterocycles. The van der Waals surface area contributed by atoms with Crippen LogP contribution < -0.4 is 5.32 Å². The number of rotatable bonds is 4.